The Bertz CT molecular complexity index is 1430. The third-order valence-corrected chi connectivity index (χ3v) is 5.38. The summed E-state index contributed by atoms with van der Waals surface area (Å²) >= 11 is 7.19. The molecule has 0 aliphatic carbocycles. The molecule has 0 saturated carbocycles. The Kier molecular flexibility index (Phi) is 4.19. The van der Waals surface area contributed by atoms with Crippen LogP contribution in [0, 0.1) is 0 Å². The van der Waals surface area contributed by atoms with Crippen LogP contribution in [0.2, 0.25) is 5.02 Å². The normalized spacial score (nSPS) is 11.2. The van der Waals surface area contributed by atoms with E-state index >= 15 is 0 Å². The van der Waals surface area contributed by atoms with Crippen molar-refractivity contribution >= 4 is 56.1 Å². The number of benzene rings is 2. The minimum Gasteiger partial charge on any atom is -0.425 e. The molecule has 142 valence electrons. The molecule has 5 aromatic rings. The van der Waals surface area contributed by atoms with Crippen LogP contribution in [-0.4, -0.2) is 10.9 Å². The van der Waals surface area contributed by atoms with E-state index in [2.05, 4.69) is 10.3 Å². The number of nitrogens with zero attached hydrogens (tertiary/aromatic N) is 1. The average Bonchev–Trinajstić information content (AvgIpc) is 3.36. The molecule has 0 radical (unpaired) electrons. The number of aromatic nitrogens is 1. The zero-order valence-corrected chi connectivity index (χ0v) is 16.2. The van der Waals surface area contributed by atoms with E-state index in [1.54, 1.807) is 36.4 Å². The van der Waals surface area contributed by atoms with Gasteiger partial charge >= 0.3 is 5.78 Å². The van der Waals surface area contributed by atoms with Crippen molar-refractivity contribution in [2.75, 3.05) is 5.32 Å². The highest BCUT2D eigenvalue weighted by Crippen LogP contribution is 2.27. The molecule has 29 heavy (non-hydrogen) atoms. The molecule has 0 aliphatic rings. The van der Waals surface area contributed by atoms with Gasteiger partial charge in [-0.2, -0.15) is 0 Å². The van der Waals surface area contributed by atoms with Crippen LogP contribution < -0.4 is 10.7 Å². The Morgan fingerprint density at radius 1 is 1.03 bits per heavy atom. The summed E-state index contributed by atoms with van der Waals surface area (Å²) in [5, 5.41) is 6.21. The van der Waals surface area contributed by atoms with E-state index in [1.807, 2.05) is 17.5 Å². The van der Waals surface area contributed by atoms with Crippen LogP contribution in [0.15, 0.2) is 73.6 Å². The zero-order valence-electron chi connectivity index (χ0n) is 14.6. The molecule has 0 bridgehead atoms. The van der Waals surface area contributed by atoms with Crippen molar-refractivity contribution in [3.8, 4) is 11.3 Å². The third-order valence-electron chi connectivity index (χ3n) is 4.37. The summed E-state index contributed by atoms with van der Waals surface area (Å²) in [7, 11) is 0. The Morgan fingerprint density at radius 3 is 2.66 bits per heavy atom. The zero-order chi connectivity index (χ0) is 20.0. The van der Waals surface area contributed by atoms with Gasteiger partial charge in [0.25, 0.3) is 5.91 Å². The molecular formula is C21H11ClN2O4S. The van der Waals surface area contributed by atoms with Gasteiger partial charge in [-0.15, -0.1) is 11.3 Å². The molecule has 3 aromatic heterocycles. The topological polar surface area (TPSA) is 85.3 Å². The van der Waals surface area contributed by atoms with Crippen LogP contribution in [0.3, 0.4) is 0 Å². The molecule has 1 N–H and O–H groups in total. The lowest BCUT2D eigenvalue weighted by Gasteiger charge is -1.98. The number of furan rings is 1. The number of thiazole rings is 1. The van der Waals surface area contributed by atoms with Gasteiger partial charge in [0.1, 0.15) is 11.0 Å². The summed E-state index contributed by atoms with van der Waals surface area (Å²) in [6.45, 7) is 0. The number of para-hydroxylation sites is 1. The maximum Gasteiger partial charge on any atom is 0.302 e. The fourth-order valence-electron chi connectivity index (χ4n) is 2.95. The van der Waals surface area contributed by atoms with Crippen molar-refractivity contribution in [2.45, 2.75) is 0 Å². The van der Waals surface area contributed by atoms with Gasteiger partial charge < -0.3 is 8.83 Å². The molecular weight excluding hydrogens is 412 g/mol. The first-order valence-electron chi connectivity index (χ1n) is 8.57. The molecule has 1 amide bonds. The lowest BCUT2D eigenvalue weighted by atomic mass is 10.2. The monoisotopic (exact) mass is 422 g/mol. The first kappa shape index (κ1) is 17.7. The number of halogens is 1. The standard InChI is InChI=1S/C21H11ClN2O4S/c22-12-7-5-11(6-8-12)15-10-29-21(23-15)24-19(26)17-9-14-18(25)13-3-1-2-4-16(13)27-20(14)28-17/h1-10H,(H,23,24,26). The van der Waals surface area contributed by atoms with Gasteiger partial charge in [-0.3, -0.25) is 14.9 Å². The van der Waals surface area contributed by atoms with E-state index in [1.165, 1.54) is 17.4 Å². The van der Waals surface area contributed by atoms with E-state index < -0.39 is 5.91 Å². The van der Waals surface area contributed by atoms with Crippen molar-refractivity contribution in [3.63, 3.8) is 0 Å². The first-order valence-corrected chi connectivity index (χ1v) is 9.82. The van der Waals surface area contributed by atoms with Gasteiger partial charge in [0, 0.05) is 22.0 Å². The third kappa shape index (κ3) is 3.20. The fraction of sp³-hybridized carbons (Fsp3) is 0. The maximum atomic E-state index is 12.6. The number of fused-ring (bicyclic) bond motifs is 2. The van der Waals surface area contributed by atoms with Crippen molar-refractivity contribution < 1.29 is 13.6 Å². The van der Waals surface area contributed by atoms with Crippen LogP contribution in [0.1, 0.15) is 10.6 Å². The number of carbonyl (C=O) groups is 1. The van der Waals surface area contributed by atoms with E-state index in [0.29, 0.717) is 21.1 Å². The molecule has 0 spiro atoms. The highest BCUT2D eigenvalue weighted by molar-refractivity contribution is 7.14. The van der Waals surface area contributed by atoms with Crippen LogP contribution in [0.25, 0.3) is 33.4 Å². The predicted octanol–water partition coefficient (Wildman–Crippen LogP) is 5.57. The number of amides is 1. The van der Waals surface area contributed by atoms with Crippen molar-refractivity contribution in [1.82, 2.24) is 4.98 Å². The van der Waals surface area contributed by atoms with Crippen LogP contribution in [-0.2, 0) is 0 Å². The summed E-state index contributed by atoms with van der Waals surface area (Å²) in [5.74, 6) is -0.531. The van der Waals surface area contributed by atoms with Crippen molar-refractivity contribution in [2.24, 2.45) is 0 Å². The molecule has 0 fully saturated rings. The van der Waals surface area contributed by atoms with E-state index in [4.69, 9.17) is 20.4 Å². The molecule has 8 heteroatoms. The molecule has 6 nitrogen and oxygen atoms in total. The lowest BCUT2D eigenvalue weighted by Crippen LogP contribution is -2.10. The first-order chi connectivity index (χ1) is 14.1. The van der Waals surface area contributed by atoms with Crippen molar-refractivity contribution in [3.05, 3.63) is 81.0 Å². The smallest absolute Gasteiger partial charge is 0.302 e. The average molecular weight is 423 g/mol. The Balaban J connectivity index is 1.44. The second-order valence-corrected chi connectivity index (χ2v) is 7.53. The summed E-state index contributed by atoms with van der Waals surface area (Å²) in [6.07, 6.45) is 0. The van der Waals surface area contributed by atoms with Crippen LogP contribution >= 0.6 is 22.9 Å². The van der Waals surface area contributed by atoms with E-state index in [0.717, 1.165) is 11.3 Å². The van der Waals surface area contributed by atoms with Gasteiger partial charge in [-0.1, -0.05) is 35.9 Å². The predicted molar refractivity (Wildman–Crippen MR) is 113 cm³/mol. The lowest BCUT2D eigenvalue weighted by molar-refractivity contribution is 0.0997. The number of hydrogen-bond donors (Lipinski definition) is 1. The van der Waals surface area contributed by atoms with E-state index in [-0.39, 0.29) is 22.4 Å². The molecule has 3 heterocycles. The number of rotatable bonds is 3. The van der Waals surface area contributed by atoms with Crippen LogP contribution in [0.5, 0.6) is 0 Å². The molecule has 0 unspecified atom stereocenters. The Hall–Kier alpha value is -3.42. The maximum absolute atomic E-state index is 12.6. The molecule has 2 aromatic carbocycles. The van der Waals surface area contributed by atoms with Gasteiger partial charge in [0.05, 0.1) is 11.1 Å². The van der Waals surface area contributed by atoms with E-state index in [9.17, 15) is 9.59 Å². The summed E-state index contributed by atoms with van der Waals surface area (Å²) in [6, 6.07) is 15.5. The summed E-state index contributed by atoms with van der Waals surface area (Å²) < 4.78 is 11.1. The molecule has 0 saturated heterocycles. The quantitative estimate of drug-likeness (QED) is 0.411. The van der Waals surface area contributed by atoms with Crippen molar-refractivity contribution in [1.29, 1.82) is 0 Å². The highest BCUT2D eigenvalue weighted by atomic mass is 35.5. The summed E-state index contributed by atoms with van der Waals surface area (Å²) in [5.41, 5.74) is 1.76. The van der Waals surface area contributed by atoms with Gasteiger partial charge in [-0.25, -0.2) is 4.98 Å². The molecule has 5 rings (SSSR count). The highest BCUT2D eigenvalue weighted by Gasteiger charge is 2.19. The Morgan fingerprint density at radius 2 is 1.83 bits per heavy atom. The largest absolute Gasteiger partial charge is 0.425 e. The van der Waals surface area contributed by atoms with Gasteiger partial charge in [0.2, 0.25) is 5.43 Å². The molecule has 0 atom stereocenters. The van der Waals surface area contributed by atoms with Gasteiger partial charge in [-0.05, 0) is 24.3 Å². The minimum atomic E-state index is -0.517. The second kappa shape index (κ2) is 6.88. The SMILES string of the molecule is O=C(Nc1nc(-c2ccc(Cl)cc2)cs1)c1cc2c(=O)c3ccccc3oc2o1. The summed E-state index contributed by atoms with van der Waals surface area (Å²) in [4.78, 5) is 29.6. The van der Waals surface area contributed by atoms with Crippen LogP contribution in [0.4, 0.5) is 5.13 Å². The molecule has 0 aliphatic heterocycles. The second-order valence-electron chi connectivity index (χ2n) is 6.24. The minimum absolute atomic E-state index is 0.0137. The Labute approximate surface area is 172 Å². The number of hydrogen-bond acceptors (Lipinski definition) is 6. The number of carbonyl (C=O) groups excluding carboxylic acids is 1. The van der Waals surface area contributed by atoms with Gasteiger partial charge in [0.15, 0.2) is 10.9 Å². The number of nitrogens with one attached hydrogen (secondary N) is 1. The number of anilines is 1. The fourth-order valence-corrected chi connectivity index (χ4v) is 3.79.